The summed E-state index contributed by atoms with van der Waals surface area (Å²) in [6.45, 7) is 2.68. The van der Waals surface area contributed by atoms with Gasteiger partial charge in [0.2, 0.25) is 0 Å². The van der Waals surface area contributed by atoms with E-state index in [1.54, 1.807) is 12.4 Å². The van der Waals surface area contributed by atoms with Crippen LogP contribution in [0.3, 0.4) is 0 Å². The number of rotatable bonds is 2. The average molecular weight is 259 g/mol. The fraction of sp³-hybridized carbons (Fsp3) is 0.154. The molecule has 0 unspecified atom stereocenters. The number of aromatic nitrogens is 4. The Morgan fingerprint density at radius 1 is 1.33 bits per heavy atom. The van der Waals surface area contributed by atoms with Crippen LogP contribution in [0.1, 0.15) is 11.4 Å². The summed E-state index contributed by atoms with van der Waals surface area (Å²) >= 11 is 5.92. The third kappa shape index (κ3) is 1.95. The van der Waals surface area contributed by atoms with E-state index in [1.807, 2.05) is 31.3 Å². The van der Waals surface area contributed by atoms with Crippen molar-refractivity contribution in [2.24, 2.45) is 0 Å². The first-order valence-electron chi connectivity index (χ1n) is 5.61. The molecule has 0 saturated carbocycles. The summed E-state index contributed by atoms with van der Waals surface area (Å²) in [6, 6.07) is 5.79. The van der Waals surface area contributed by atoms with E-state index in [0.717, 1.165) is 22.6 Å². The normalized spacial score (nSPS) is 11.0. The fourth-order valence-electron chi connectivity index (χ4n) is 1.96. The molecule has 90 valence electrons. The third-order valence-corrected chi connectivity index (χ3v) is 3.01. The van der Waals surface area contributed by atoms with Crippen molar-refractivity contribution in [3.8, 4) is 0 Å². The summed E-state index contributed by atoms with van der Waals surface area (Å²) in [5.74, 6) is 0.920. The van der Waals surface area contributed by atoms with Crippen LogP contribution >= 0.6 is 11.6 Å². The average Bonchev–Trinajstić information content (AvgIpc) is 2.66. The predicted octanol–water partition coefficient (Wildman–Crippen LogP) is 2.84. The van der Waals surface area contributed by atoms with Crippen LogP contribution in [0.15, 0.2) is 36.8 Å². The van der Waals surface area contributed by atoms with Crippen molar-refractivity contribution in [3.63, 3.8) is 0 Å². The van der Waals surface area contributed by atoms with Crippen LogP contribution in [0.4, 0.5) is 0 Å². The molecule has 0 N–H and O–H groups in total. The number of nitrogens with zero attached hydrogens (tertiary/aromatic N) is 4. The Morgan fingerprint density at radius 2 is 2.22 bits per heavy atom. The highest BCUT2D eigenvalue weighted by Crippen LogP contribution is 2.18. The van der Waals surface area contributed by atoms with Crippen molar-refractivity contribution in [2.75, 3.05) is 0 Å². The van der Waals surface area contributed by atoms with Gasteiger partial charge in [-0.3, -0.25) is 4.98 Å². The zero-order chi connectivity index (χ0) is 12.5. The van der Waals surface area contributed by atoms with Gasteiger partial charge in [-0.1, -0.05) is 17.7 Å². The Hall–Kier alpha value is -1.94. The van der Waals surface area contributed by atoms with Crippen molar-refractivity contribution in [3.05, 3.63) is 53.2 Å². The van der Waals surface area contributed by atoms with Gasteiger partial charge in [0.1, 0.15) is 11.3 Å². The molecule has 0 aromatic carbocycles. The van der Waals surface area contributed by atoms with Crippen molar-refractivity contribution in [1.82, 2.24) is 19.5 Å². The van der Waals surface area contributed by atoms with Gasteiger partial charge in [0.15, 0.2) is 5.65 Å². The van der Waals surface area contributed by atoms with Crippen LogP contribution in [-0.2, 0) is 6.54 Å². The molecule has 0 aliphatic rings. The summed E-state index contributed by atoms with van der Waals surface area (Å²) in [5.41, 5.74) is 2.79. The Bertz CT molecular complexity index is 691. The molecule has 3 aromatic heterocycles. The first kappa shape index (κ1) is 11.2. The lowest BCUT2D eigenvalue weighted by Gasteiger charge is -2.05. The number of hydrogen-bond donors (Lipinski definition) is 0. The maximum Gasteiger partial charge on any atom is 0.160 e. The highest BCUT2D eigenvalue weighted by atomic mass is 35.5. The lowest BCUT2D eigenvalue weighted by Crippen LogP contribution is -2.03. The number of aryl methyl sites for hydroxylation is 1. The van der Waals surface area contributed by atoms with Gasteiger partial charge < -0.3 is 4.57 Å². The highest BCUT2D eigenvalue weighted by molar-refractivity contribution is 6.31. The number of imidazole rings is 1. The first-order valence-corrected chi connectivity index (χ1v) is 5.99. The second-order valence-electron chi connectivity index (χ2n) is 4.10. The van der Waals surface area contributed by atoms with Crippen LogP contribution in [0.5, 0.6) is 0 Å². The number of fused-ring (bicyclic) bond motifs is 1. The van der Waals surface area contributed by atoms with Gasteiger partial charge >= 0.3 is 0 Å². The Morgan fingerprint density at radius 3 is 3.00 bits per heavy atom. The first-order chi connectivity index (χ1) is 8.74. The Labute approximate surface area is 109 Å². The third-order valence-electron chi connectivity index (χ3n) is 2.81. The van der Waals surface area contributed by atoms with Gasteiger partial charge in [0, 0.05) is 18.6 Å². The van der Waals surface area contributed by atoms with Gasteiger partial charge in [-0.2, -0.15) is 0 Å². The van der Waals surface area contributed by atoms with Crippen molar-refractivity contribution in [1.29, 1.82) is 0 Å². The standard InChI is InChI=1S/C13H11ClN4/c1-9-17-12-5-11(14)7-16-13(12)18(9)8-10-3-2-4-15-6-10/h2-7H,8H2,1H3. The summed E-state index contributed by atoms with van der Waals surface area (Å²) in [5, 5.41) is 0.605. The van der Waals surface area contributed by atoms with Crippen LogP contribution < -0.4 is 0 Å². The topological polar surface area (TPSA) is 43.6 Å². The Balaban J connectivity index is 2.09. The molecule has 0 fully saturated rings. The molecule has 0 spiro atoms. The minimum atomic E-state index is 0.605. The lowest BCUT2D eigenvalue weighted by molar-refractivity contribution is 0.774. The second-order valence-corrected chi connectivity index (χ2v) is 4.54. The van der Waals surface area contributed by atoms with Crippen LogP contribution in [0.25, 0.3) is 11.2 Å². The predicted molar refractivity (Wildman–Crippen MR) is 70.6 cm³/mol. The molecule has 0 saturated heterocycles. The fourth-order valence-corrected chi connectivity index (χ4v) is 2.12. The van der Waals surface area contributed by atoms with E-state index in [4.69, 9.17) is 11.6 Å². The largest absolute Gasteiger partial charge is 0.308 e. The molecule has 0 radical (unpaired) electrons. The molecule has 0 aliphatic heterocycles. The number of pyridine rings is 2. The minimum absolute atomic E-state index is 0.605. The van der Waals surface area contributed by atoms with Gasteiger partial charge in [-0.15, -0.1) is 0 Å². The molecule has 3 aromatic rings. The number of hydrogen-bond acceptors (Lipinski definition) is 3. The van der Waals surface area contributed by atoms with Crippen molar-refractivity contribution < 1.29 is 0 Å². The number of halogens is 1. The molecular weight excluding hydrogens is 248 g/mol. The van der Waals surface area contributed by atoms with E-state index in [0.29, 0.717) is 11.6 Å². The zero-order valence-electron chi connectivity index (χ0n) is 9.84. The smallest absolute Gasteiger partial charge is 0.160 e. The molecule has 0 amide bonds. The van der Waals surface area contributed by atoms with Crippen molar-refractivity contribution >= 4 is 22.8 Å². The van der Waals surface area contributed by atoms with E-state index >= 15 is 0 Å². The quantitative estimate of drug-likeness (QED) is 0.710. The SMILES string of the molecule is Cc1nc2cc(Cl)cnc2n1Cc1cccnc1. The van der Waals surface area contributed by atoms with E-state index in [9.17, 15) is 0 Å². The molecule has 0 atom stereocenters. The van der Waals surface area contributed by atoms with Gasteiger partial charge in [0.25, 0.3) is 0 Å². The lowest BCUT2D eigenvalue weighted by atomic mass is 10.3. The zero-order valence-corrected chi connectivity index (χ0v) is 10.6. The molecule has 0 bridgehead atoms. The summed E-state index contributed by atoms with van der Waals surface area (Å²) < 4.78 is 2.06. The van der Waals surface area contributed by atoms with Crippen LogP contribution in [0, 0.1) is 6.92 Å². The van der Waals surface area contributed by atoms with E-state index < -0.39 is 0 Å². The van der Waals surface area contributed by atoms with Gasteiger partial charge in [-0.05, 0) is 24.6 Å². The van der Waals surface area contributed by atoms with E-state index in [2.05, 4.69) is 19.5 Å². The van der Waals surface area contributed by atoms with Crippen molar-refractivity contribution in [2.45, 2.75) is 13.5 Å². The summed E-state index contributed by atoms with van der Waals surface area (Å²) in [7, 11) is 0. The second kappa shape index (κ2) is 4.38. The molecule has 18 heavy (non-hydrogen) atoms. The molecule has 5 heteroatoms. The maximum absolute atomic E-state index is 5.92. The van der Waals surface area contributed by atoms with Gasteiger partial charge in [0.05, 0.1) is 11.6 Å². The highest BCUT2D eigenvalue weighted by Gasteiger charge is 2.09. The monoisotopic (exact) mass is 258 g/mol. The van der Waals surface area contributed by atoms with Gasteiger partial charge in [-0.25, -0.2) is 9.97 Å². The molecule has 3 heterocycles. The van der Waals surface area contributed by atoms with E-state index in [-0.39, 0.29) is 0 Å². The van der Waals surface area contributed by atoms with Crippen LogP contribution in [-0.4, -0.2) is 19.5 Å². The molecule has 4 nitrogen and oxygen atoms in total. The van der Waals surface area contributed by atoms with Crippen LogP contribution in [0.2, 0.25) is 5.02 Å². The van der Waals surface area contributed by atoms with E-state index in [1.165, 1.54) is 0 Å². The minimum Gasteiger partial charge on any atom is -0.308 e. The molecule has 0 aliphatic carbocycles. The summed E-state index contributed by atoms with van der Waals surface area (Å²) in [6.07, 6.45) is 5.26. The molecular formula is C13H11ClN4. The molecule has 3 rings (SSSR count). The Kier molecular flexibility index (Phi) is 2.72. The summed E-state index contributed by atoms with van der Waals surface area (Å²) in [4.78, 5) is 12.9. The maximum atomic E-state index is 5.92.